The van der Waals surface area contributed by atoms with Crippen molar-refractivity contribution in [2.24, 2.45) is 5.92 Å². The summed E-state index contributed by atoms with van der Waals surface area (Å²) in [5.41, 5.74) is 0.215. The summed E-state index contributed by atoms with van der Waals surface area (Å²) in [5.74, 6) is 0.799. The first-order valence-corrected chi connectivity index (χ1v) is 7.65. The number of nitrogens with zero attached hydrogens (tertiary/aromatic N) is 1. The van der Waals surface area contributed by atoms with Crippen molar-refractivity contribution in [1.82, 2.24) is 0 Å². The molecule has 0 saturated heterocycles. The molecule has 0 unspecified atom stereocenters. The van der Waals surface area contributed by atoms with Crippen molar-refractivity contribution in [2.45, 2.75) is 20.3 Å². The number of non-ortho nitro benzene ring substituents is 1. The number of nitro groups is 1. The normalized spacial score (nSPS) is 10.5. The van der Waals surface area contributed by atoms with Crippen molar-refractivity contribution >= 4 is 11.7 Å². The highest BCUT2D eigenvalue weighted by molar-refractivity contribution is 5.91. The molecule has 0 spiro atoms. The van der Waals surface area contributed by atoms with Crippen molar-refractivity contribution in [3.05, 3.63) is 64.2 Å². The van der Waals surface area contributed by atoms with Crippen LogP contribution in [0.15, 0.2) is 48.5 Å². The van der Waals surface area contributed by atoms with E-state index in [9.17, 15) is 14.9 Å². The molecule has 0 fully saturated rings. The molecule has 0 N–H and O–H groups in total. The average Bonchev–Trinajstić information content (AvgIpc) is 2.55. The zero-order valence-electron chi connectivity index (χ0n) is 13.6. The number of hydrogen-bond acceptors (Lipinski definition) is 5. The van der Waals surface area contributed by atoms with Gasteiger partial charge in [0.15, 0.2) is 0 Å². The second kappa shape index (κ2) is 8.10. The third-order valence-corrected chi connectivity index (χ3v) is 3.29. The zero-order valence-corrected chi connectivity index (χ0v) is 13.6. The number of carbonyl (C=O) groups is 1. The summed E-state index contributed by atoms with van der Waals surface area (Å²) in [6.07, 6.45) is 0.955. The predicted octanol–water partition coefficient (Wildman–Crippen LogP) is 4.24. The Morgan fingerprint density at radius 3 is 2.46 bits per heavy atom. The molecule has 0 saturated carbocycles. The number of hydrogen-bond donors (Lipinski definition) is 0. The molecular weight excluding hydrogens is 310 g/mol. The number of benzene rings is 2. The zero-order chi connectivity index (χ0) is 17.5. The summed E-state index contributed by atoms with van der Waals surface area (Å²) in [7, 11) is 0. The fraction of sp³-hybridized carbons (Fsp3) is 0.278. The standard InChI is InChI=1S/C18H19NO5/c1-13(2)10-11-23-16-8-6-14(7-9-16)18(20)24-17-5-3-4-15(12-17)19(21)22/h3-9,12-13H,10-11H2,1-2H3. The van der Waals surface area contributed by atoms with E-state index in [0.29, 0.717) is 23.8 Å². The van der Waals surface area contributed by atoms with Crippen LogP contribution in [0.1, 0.15) is 30.6 Å². The van der Waals surface area contributed by atoms with Gasteiger partial charge in [0.1, 0.15) is 11.5 Å². The highest BCUT2D eigenvalue weighted by Crippen LogP contribution is 2.21. The van der Waals surface area contributed by atoms with Gasteiger partial charge in [0.25, 0.3) is 5.69 Å². The van der Waals surface area contributed by atoms with Gasteiger partial charge in [-0.05, 0) is 42.7 Å². The lowest BCUT2D eigenvalue weighted by atomic mass is 10.1. The van der Waals surface area contributed by atoms with Crippen molar-refractivity contribution in [3.8, 4) is 11.5 Å². The lowest BCUT2D eigenvalue weighted by Crippen LogP contribution is -2.08. The molecule has 0 radical (unpaired) electrons. The lowest BCUT2D eigenvalue weighted by molar-refractivity contribution is -0.384. The maximum atomic E-state index is 12.1. The second-order valence-electron chi connectivity index (χ2n) is 5.70. The Balaban J connectivity index is 1.97. The van der Waals surface area contributed by atoms with Gasteiger partial charge in [-0.15, -0.1) is 0 Å². The maximum absolute atomic E-state index is 12.1. The van der Waals surface area contributed by atoms with E-state index in [0.717, 1.165) is 6.42 Å². The first kappa shape index (κ1) is 17.5. The minimum Gasteiger partial charge on any atom is -0.494 e. The van der Waals surface area contributed by atoms with E-state index >= 15 is 0 Å². The molecule has 0 amide bonds. The summed E-state index contributed by atoms with van der Waals surface area (Å²) < 4.78 is 10.7. The average molecular weight is 329 g/mol. The highest BCUT2D eigenvalue weighted by Gasteiger charge is 2.12. The van der Waals surface area contributed by atoms with Crippen LogP contribution in [-0.2, 0) is 0 Å². The predicted molar refractivity (Wildman–Crippen MR) is 89.4 cm³/mol. The van der Waals surface area contributed by atoms with Crippen molar-refractivity contribution in [2.75, 3.05) is 6.61 Å². The van der Waals surface area contributed by atoms with Crippen LogP contribution < -0.4 is 9.47 Å². The monoisotopic (exact) mass is 329 g/mol. The van der Waals surface area contributed by atoms with E-state index in [4.69, 9.17) is 9.47 Å². The Morgan fingerprint density at radius 2 is 1.83 bits per heavy atom. The highest BCUT2D eigenvalue weighted by atomic mass is 16.6. The van der Waals surface area contributed by atoms with Crippen LogP contribution in [0, 0.1) is 16.0 Å². The van der Waals surface area contributed by atoms with E-state index in [1.165, 1.54) is 24.3 Å². The summed E-state index contributed by atoms with van der Waals surface area (Å²) in [6.45, 7) is 4.86. The third kappa shape index (κ3) is 5.08. The molecule has 0 aliphatic rings. The van der Waals surface area contributed by atoms with Crippen LogP contribution in [-0.4, -0.2) is 17.5 Å². The largest absolute Gasteiger partial charge is 0.494 e. The van der Waals surface area contributed by atoms with Crippen molar-refractivity contribution < 1.29 is 19.2 Å². The molecular formula is C18H19NO5. The SMILES string of the molecule is CC(C)CCOc1ccc(C(=O)Oc2cccc([N+](=O)[O-])c2)cc1. The Morgan fingerprint density at radius 1 is 1.12 bits per heavy atom. The number of ether oxygens (including phenoxy) is 2. The van der Waals surface area contributed by atoms with Crippen LogP contribution in [0.3, 0.4) is 0 Å². The van der Waals surface area contributed by atoms with Gasteiger partial charge >= 0.3 is 5.97 Å². The molecule has 0 atom stereocenters. The van der Waals surface area contributed by atoms with Crippen LogP contribution >= 0.6 is 0 Å². The molecule has 0 heterocycles. The molecule has 0 aliphatic carbocycles. The van der Waals surface area contributed by atoms with Gasteiger partial charge in [-0.1, -0.05) is 19.9 Å². The second-order valence-corrected chi connectivity index (χ2v) is 5.70. The van der Waals surface area contributed by atoms with Gasteiger partial charge in [0.2, 0.25) is 0 Å². The quantitative estimate of drug-likeness (QED) is 0.328. The van der Waals surface area contributed by atoms with E-state index in [-0.39, 0.29) is 11.4 Å². The van der Waals surface area contributed by atoms with E-state index < -0.39 is 10.9 Å². The molecule has 2 aromatic rings. The maximum Gasteiger partial charge on any atom is 0.343 e. The number of carbonyl (C=O) groups excluding carboxylic acids is 1. The molecule has 6 nitrogen and oxygen atoms in total. The third-order valence-electron chi connectivity index (χ3n) is 3.29. The van der Waals surface area contributed by atoms with Gasteiger partial charge in [-0.3, -0.25) is 10.1 Å². The first-order chi connectivity index (χ1) is 11.5. The van der Waals surface area contributed by atoms with Gasteiger partial charge in [0, 0.05) is 6.07 Å². The first-order valence-electron chi connectivity index (χ1n) is 7.65. The lowest BCUT2D eigenvalue weighted by Gasteiger charge is -2.09. The van der Waals surface area contributed by atoms with Crippen LogP contribution in [0.5, 0.6) is 11.5 Å². The number of esters is 1. The molecule has 2 aromatic carbocycles. The molecule has 2 rings (SSSR count). The number of rotatable bonds is 7. The Kier molecular flexibility index (Phi) is 5.89. The Bertz CT molecular complexity index is 710. The van der Waals surface area contributed by atoms with Crippen LogP contribution in [0.4, 0.5) is 5.69 Å². The van der Waals surface area contributed by atoms with Crippen molar-refractivity contribution in [3.63, 3.8) is 0 Å². The van der Waals surface area contributed by atoms with Crippen LogP contribution in [0.25, 0.3) is 0 Å². The molecule has 0 aromatic heterocycles. The van der Waals surface area contributed by atoms with Crippen molar-refractivity contribution in [1.29, 1.82) is 0 Å². The van der Waals surface area contributed by atoms with Crippen LogP contribution in [0.2, 0.25) is 0 Å². The molecule has 24 heavy (non-hydrogen) atoms. The molecule has 0 aliphatic heterocycles. The van der Waals surface area contributed by atoms with Gasteiger partial charge in [-0.25, -0.2) is 4.79 Å². The fourth-order valence-corrected chi connectivity index (χ4v) is 1.93. The smallest absolute Gasteiger partial charge is 0.343 e. The number of nitro benzene ring substituents is 1. The van der Waals surface area contributed by atoms with E-state index in [1.807, 2.05) is 0 Å². The summed E-state index contributed by atoms with van der Waals surface area (Å²) >= 11 is 0. The summed E-state index contributed by atoms with van der Waals surface area (Å²) in [5, 5.41) is 10.7. The van der Waals surface area contributed by atoms with Gasteiger partial charge in [-0.2, -0.15) is 0 Å². The summed E-state index contributed by atoms with van der Waals surface area (Å²) in [4.78, 5) is 22.3. The van der Waals surface area contributed by atoms with Gasteiger partial charge < -0.3 is 9.47 Å². The van der Waals surface area contributed by atoms with E-state index in [2.05, 4.69) is 13.8 Å². The molecule has 0 bridgehead atoms. The fourth-order valence-electron chi connectivity index (χ4n) is 1.93. The summed E-state index contributed by atoms with van der Waals surface area (Å²) in [6, 6.07) is 12.1. The minimum absolute atomic E-state index is 0.130. The molecule has 126 valence electrons. The minimum atomic E-state index is -0.579. The van der Waals surface area contributed by atoms with Gasteiger partial charge in [0.05, 0.1) is 23.2 Å². The molecule has 6 heteroatoms. The topological polar surface area (TPSA) is 78.7 Å². The van der Waals surface area contributed by atoms with E-state index in [1.54, 1.807) is 24.3 Å². The Labute approximate surface area is 140 Å². The Hall–Kier alpha value is -2.89.